The van der Waals surface area contributed by atoms with Gasteiger partial charge in [0.2, 0.25) is 21.9 Å². The lowest BCUT2D eigenvalue weighted by Crippen LogP contribution is -2.27. The van der Waals surface area contributed by atoms with E-state index in [4.69, 9.17) is 63.7 Å². The molecule has 0 radical (unpaired) electrons. The van der Waals surface area contributed by atoms with E-state index in [1.54, 1.807) is 0 Å². The van der Waals surface area contributed by atoms with Crippen molar-refractivity contribution in [3.8, 4) is 22.3 Å². The van der Waals surface area contributed by atoms with Crippen molar-refractivity contribution in [2.75, 3.05) is 15.7 Å². The predicted octanol–water partition coefficient (Wildman–Crippen LogP) is 6.63. The zero-order valence-corrected chi connectivity index (χ0v) is 27.8. The number of anilines is 2. The summed E-state index contributed by atoms with van der Waals surface area (Å²) in [6.45, 7) is 1.79. The van der Waals surface area contributed by atoms with Crippen molar-refractivity contribution in [3.05, 3.63) is 77.0 Å². The maximum Gasteiger partial charge on any atom is 0.277 e. The van der Waals surface area contributed by atoms with E-state index in [1.165, 1.54) is 43.0 Å². The first-order chi connectivity index (χ1) is 21.3. The molecule has 242 valence electrons. The van der Waals surface area contributed by atoms with Gasteiger partial charge < -0.3 is 5.73 Å². The van der Waals surface area contributed by atoms with E-state index in [2.05, 4.69) is 4.72 Å². The van der Waals surface area contributed by atoms with E-state index in [0.717, 1.165) is 25.7 Å². The SMILES string of the molecule is Nc1cc(-c2c(F)n3n(c2=O)CCCC3)c(Cl)cc1Cl.O=c1c(-c2cc(NS(=O)(=O)CCl)c(Cl)cc2Cl)c(F)n2n1CCCC2. The molecule has 0 aliphatic carbocycles. The van der Waals surface area contributed by atoms with Gasteiger partial charge in [-0.3, -0.25) is 23.7 Å². The van der Waals surface area contributed by atoms with Crippen LogP contribution in [0.4, 0.5) is 20.2 Å². The van der Waals surface area contributed by atoms with E-state index >= 15 is 0 Å². The van der Waals surface area contributed by atoms with Crippen LogP contribution in [0.1, 0.15) is 25.7 Å². The fraction of sp³-hybridized carbons (Fsp3) is 0.333. The molecule has 2 aliphatic heterocycles. The zero-order chi connectivity index (χ0) is 32.8. The molecule has 2 aromatic heterocycles. The van der Waals surface area contributed by atoms with Crippen LogP contribution in [0, 0.1) is 11.9 Å². The number of nitrogens with one attached hydrogen (secondary N) is 1. The maximum atomic E-state index is 14.8. The third-order valence-electron chi connectivity index (χ3n) is 7.42. The van der Waals surface area contributed by atoms with Gasteiger partial charge in [0.1, 0.15) is 16.3 Å². The Morgan fingerprint density at radius 2 is 1.11 bits per heavy atom. The number of nitrogens with zero attached hydrogens (tertiary/aromatic N) is 4. The van der Waals surface area contributed by atoms with Gasteiger partial charge in [0, 0.05) is 37.3 Å². The molecule has 0 unspecified atom stereocenters. The summed E-state index contributed by atoms with van der Waals surface area (Å²) >= 11 is 29.4. The Morgan fingerprint density at radius 3 is 1.56 bits per heavy atom. The van der Waals surface area contributed by atoms with Crippen molar-refractivity contribution in [2.45, 2.75) is 51.9 Å². The van der Waals surface area contributed by atoms with Crippen LogP contribution in [0.2, 0.25) is 20.1 Å². The number of nitrogens with two attached hydrogens (primary N) is 1. The van der Waals surface area contributed by atoms with Gasteiger partial charge in [-0.15, -0.1) is 11.6 Å². The van der Waals surface area contributed by atoms with Crippen molar-refractivity contribution >= 4 is 79.4 Å². The molecule has 0 fully saturated rings. The average molecular weight is 745 g/mol. The minimum Gasteiger partial charge on any atom is -0.398 e. The highest BCUT2D eigenvalue weighted by Gasteiger charge is 2.27. The topological polar surface area (TPSA) is 126 Å². The first kappa shape index (κ1) is 33.7. The molecule has 0 spiro atoms. The summed E-state index contributed by atoms with van der Waals surface area (Å²) in [5, 5.41) is -0.143. The largest absolute Gasteiger partial charge is 0.398 e. The molecule has 3 N–H and O–H groups in total. The van der Waals surface area contributed by atoms with Gasteiger partial charge in [-0.1, -0.05) is 46.4 Å². The average Bonchev–Trinajstić information content (AvgIpc) is 3.41. The van der Waals surface area contributed by atoms with Gasteiger partial charge in [0.05, 0.1) is 31.5 Å². The molecule has 2 aliphatic rings. The van der Waals surface area contributed by atoms with E-state index in [1.807, 2.05) is 0 Å². The first-order valence-electron chi connectivity index (χ1n) is 13.5. The number of benzene rings is 2. The number of alkyl halides is 1. The van der Waals surface area contributed by atoms with E-state index < -0.39 is 32.7 Å². The second kappa shape index (κ2) is 13.2. The molecule has 0 amide bonds. The first-order valence-corrected chi connectivity index (χ1v) is 17.2. The lowest BCUT2D eigenvalue weighted by molar-refractivity contribution is 0.310. The highest BCUT2D eigenvalue weighted by atomic mass is 35.5. The quantitative estimate of drug-likeness (QED) is 0.175. The maximum absolute atomic E-state index is 14.8. The molecule has 2 aromatic carbocycles. The Balaban J connectivity index is 0.000000182. The van der Waals surface area contributed by atoms with Crippen molar-refractivity contribution in [1.82, 2.24) is 18.7 Å². The van der Waals surface area contributed by atoms with Crippen molar-refractivity contribution in [3.63, 3.8) is 0 Å². The molecule has 18 heteroatoms. The fourth-order valence-corrected chi connectivity index (χ4v) is 7.06. The number of aromatic nitrogens is 4. The van der Waals surface area contributed by atoms with E-state index in [0.29, 0.717) is 26.2 Å². The summed E-state index contributed by atoms with van der Waals surface area (Å²) < 4.78 is 60.1. The molecule has 6 rings (SSSR count). The minimum atomic E-state index is -3.82. The van der Waals surface area contributed by atoms with Crippen LogP contribution < -0.4 is 21.6 Å². The number of fused-ring (bicyclic) bond motifs is 2. The van der Waals surface area contributed by atoms with Crippen LogP contribution in [-0.2, 0) is 36.2 Å². The van der Waals surface area contributed by atoms with E-state index in [-0.39, 0.29) is 59.3 Å². The monoisotopic (exact) mass is 742 g/mol. The number of halogens is 7. The second-order valence-corrected chi connectivity index (χ2v) is 14.3. The summed E-state index contributed by atoms with van der Waals surface area (Å²) in [7, 11) is -3.82. The lowest BCUT2D eigenvalue weighted by atomic mass is 10.1. The molecule has 4 heterocycles. The molecule has 0 atom stereocenters. The highest BCUT2D eigenvalue weighted by Crippen LogP contribution is 2.37. The molecule has 10 nitrogen and oxygen atoms in total. The summed E-state index contributed by atoms with van der Waals surface area (Å²) in [5.41, 5.74) is 5.14. The van der Waals surface area contributed by atoms with Gasteiger partial charge >= 0.3 is 0 Å². The Labute approximate surface area is 280 Å². The fourth-order valence-electron chi connectivity index (χ4n) is 5.28. The summed E-state index contributed by atoms with van der Waals surface area (Å²) in [6.07, 6.45) is 3.25. The van der Waals surface area contributed by atoms with Gasteiger partial charge in [-0.05, 0) is 49.9 Å². The van der Waals surface area contributed by atoms with Gasteiger partial charge in [0.25, 0.3) is 11.1 Å². The Morgan fingerprint density at radius 1 is 0.689 bits per heavy atom. The Hall–Kier alpha value is -2.68. The Bertz CT molecular complexity index is 2040. The normalized spacial score (nSPS) is 14.4. The number of nitrogen functional groups attached to an aromatic ring is 1. The molecule has 4 aromatic rings. The van der Waals surface area contributed by atoms with E-state index in [9.17, 15) is 26.8 Å². The van der Waals surface area contributed by atoms with Crippen LogP contribution in [0.5, 0.6) is 0 Å². The van der Waals surface area contributed by atoms with Crippen molar-refractivity contribution in [1.29, 1.82) is 0 Å². The Kier molecular flexibility index (Phi) is 9.88. The van der Waals surface area contributed by atoms with Crippen LogP contribution in [0.3, 0.4) is 0 Å². The lowest BCUT2D eigenvalue weighted by Gasteiger charge is -2.16. The van der Waals surface area contributed by atoms with Gasteiger partial charge in [-0.25, -0.2) is 17.8 Å². The van der Waals surface area contributed by atoms with Crippen LogP contribution >= 0.6 is 58.0 Å². The van der Waals surface area contributed by atoms with Crippen LogP contribution in [-0.4, -0.2) is 32.4 Å². The number of hydrogen-bond acceptors (Lipinski definition) is 5. The number of sulfonamides is 1. The standard InChI is InChI=1S/C14H13Cl3FN3O3S.C13H12Cl2FN3O/c15-7-25(23,24)19-11-5-8(9(16)6-10(11)17)12-13(18)20-3-1-2-4-21(20)14(12)22;14-8-6-9(15)10(17)5-7(8)11-12(16)18-3-1-2-4-19(18)13(11)20/h5-6,19H,1-4,7H2;5-6H,1-4,17H2. The third kappa shape index (κ3) is 6.48. The second-order valence-electron chi connectivity index (χ2n) is 10.3. The number of rotatable bonds is 5. The minimum absolute atomic E-state index is 0.00641. The summed E-state index contributed by atoms with van der Waals surface area (Å²) in [5.74, 6) is -1.28. The zero-order valence-electron chi connectivity index (χ0n) is 23.2. The molecule has 0 bridgehead atoms. The molecule has 0 saturated heterocycles. The summed E-state index contributed by atoms with van der Waals surface area (Å²) in [4.78, 5) is 24.9. The summed E-state index contributed by atoms with van der Waals surface area (Å²) in [6, 6.07) is 5.36. The van der Waals surface area contributed by atoms with Crippen molar-refractivity contribution < 1.29 is 17.2 Å². The molecule has 45 heavy (non-hydrogen) atoms. The van der Waals surface area contributed by atoms with Gasteiger partial charge in [-0.2, -0.15) is 8.78 Å². The smallest absolute Gasteiger partial charge is 0.277 e. The molecular formula is C27H25Cl5F2N6O4S. The number of hydrogen-bond donors (Lipinski definition) is 2. The highest BCUT2D eigenvalue weighted by molar-refractivity contribution is 7.93. The van der Waals surface area contributed by atoms with Crippen LogP contribution in [0.15, 0.2) is 33.9 Å². The predicted molar refractivity (Wildman–Crippen MR) is 174 cm³/mol. The van der Waals surface area contributed by atoms with Crippen molar-refractivity contribution in [2.24, 2.45) is 0 Å². The van der Waals surface area contributed by atoms with Gasteiger partial charge in [0.15, 0.2) is 0 Å². The van der Waals surface area contributed by atoms with Crippen LogP contribution in [0.25, 0.3) is 22.3 Å². The molecular weight excluding hydrogens is 720 g/mol. The third-order valence-corrected chi connectivity index (χ3v) is 10.4. The molecule has 0 saturated carbocycles.